The van der Waals surface area contributed by atoms with Crippen molar-refractivity contribution >= 4 is 5.69 Å². The van der Waals surface area contributed by atoms with Crippen molar-refractivity contribution in [3.8, 4) is 5.75 Å². The Bertz CT molecular complexity index is 448. The molecule has 126 valence electrons. The van der Waals surface area contributed by atoms with Crippen LogP contribution in [0.5, 0.6) is 5.75 Å². The van der Waals surface area contributed by atoms with Gasteiger partial charge in [-0.15, -0.1) is 0 Å². The van der Waals surface area contributed by atoms with Crippen molar-refractivity contribution < 1.29 is 4.74 Å². The first-order chi connectivity index (χ1) is 10.6. The van der Waals surface area contributed by atoms with E-state index < -0.39 is 0 Å². The molecule has 2 nitrogen and oxygen atoms in total. The van der Waals surface area contributed by atoms with Gasteiger partial charge in [-0.05, 0) is 42.4 Å². The summed E-state index contributed by atoms with van der Waals surface area (Å²) in [6, 6.07) is 7.36. The normalized spacial score (nSPS) is 19.4. The van der Waals surface area contributed by atoms with Gasteiger partial charge in [-0.2, -0.15) is 0 Å². The molecular formula is C20H35NO. The van der Waals surface area contributed by atoms with E-state index in [1.165, 1.54) is 37.1 Å². The molecule has 1 aromatic rings. The molecule has 2 aliphatic heterocycles. The third-order valence-corrected chi connectivity index (χ3v) is 4.19. The Labute approximate surface area is 137 Å². The molecular weight excluding hydrogens is 270 g/mol. The number of ether oxygens (including phenoxy) is 1. The highest BCUT2D eigenvalue weighted by Crippen LogP contribution is 2.39. The number of anilines is 1. The van der Waals surface area contributed by atoms with Gasteiger partial charge < -0.3 is 9.64 Å². The van der Waals surface area contributed by atoms with E-state index in [0.29, 0.717) is 6.04 Å². The predicted molar refractivity (Wildman–Crippen MR) is 98.3 cm³/mol. The summed E-state index contributed by atoms with van der Waals surface area (Å²) < 4.78 is 5.99. The second-order valence-corrected chi connectivity index (χ2v) is 6.59. The summed E-state index contributed by atoms with van der Waals surface area (Å²) in [6.07, 6.45) is 3.94. The molecule has 0 saturated carbocycles. The Morgan fingerprint density at radius 3 is 2.36 bits per heavy atom. The van der Waals surface area contributed by atoms with Crippen LogP contribution in [0.25, 0.3) is 0 Å². The first-order valence-electron chi connectivity index (χ1n) is 9.10. The maximum atomic E-state index is 5.99. The fourth-order valence-corrected chi connectivity index (χ4v) is 3.01. The monoisotopic (exact) mass is 305 g/mol. The third kappa shape index (κ3) is 4.18. The Morgan fingerprint density at radius 1 is 1.05 bits per heavy atom. The lowest BCUT2D eigenvalue weighted by Gasteiger charge is -2.42. The summed E-state index contributed by atoms with van der Waals surface area (Å²) in [6.45, 7) is 16.8. The van der Waals surface area contributed by atoms with Gasteiger partial charge in [0, 0.05) is 6.54 Å². The zero-order valence-corrected chi connectivity index (χ0v) is 15.7. The van der Waals surface area contributed by atoms with Crippen molar-refractivity contribution in [3.63, 3.8) is 0 Å². The quantitative estimate of drug-likeness (QED) is 0.601. The van der Waals surface area contributed by atoms with Gasteiger partial charge in [0.1, 0.15) is 12.4 Å². The van der Waals surface area contributed by atoms with Crippen LogP contribution in [0.15, 0.2) is 18.2 Å². The highest BCUT2D eigenvalue weighted by molar-refractivity contribution is 5.62. The summed E-state index contributed by atoms with van der Waals surface area (Å²) in [5.41, 5.74) is 2.85. The van der Waals surface area contributed by atoms with E-state index >= 15 is 0 Å². The maximum absolute atomic E-state index is 5.99. The van der Waals surface area contributed by atoms with E-state index in [2.05, 4.69) is 43.9 Å². The zero-order chi connectivity index (χ0) is 16.8. The molecule has 0 spiro atoms. The van der Waals surface area contributed by atoms with Crippen LogP contribution in [0.2, 0.25) is 0 Å². The molecule has 2 aliphatic rings. The van der Waals surface area contributed by atoms with Crippen molar-refractivity contribution in [2.24, 2.45) is 0 Å². The lowest BCUT2D eigenvalue weighted by atomic mass is 9.86. The van der Waals surface area contributed by atoms with Gasteiger partial charge in [-0.3, -0.25) is 0 Å². The van der Waals surface area contributed by atoms with Crippen LogP contribution in [0.1, 0.15) is 73.3 Å². The molecule has 1 fully saturated rings. The lowest BCUT2D eigenvalue weighted by molar-refractivity contribution is 0.239. The van der Waals surface area contributed by atoms with Crippen molar-refractivity contribution in [3.05, 3.63) is 23.8 Å². The van der Waals surface area contributed by atoms with Crippen LogP contribution in [0.3, 0.4) is 0 Å². The van der Waals surface area contributed by atoms with Crippen molar-refractivity contribution in [1.82, 2.24) is 0 Å². The second kappa shape index (κ2) is 8.45. The highest BCUT2D eigenvalue weighted by Gasteiger charge is 2.30. The van der Waals surface area contributed by atoms with Gasteiger partial charge in [-0.1, -0.05) is 54.5 Å². The van der Waals surface area contributed by atoms with E-state index in [9.17, 15) is 0 Å². The average molecular weight is 306 g/mol. The minimum absolute atomic E-state index is 0.192. The van der Waals surface area contributed by atoms with Gasteiger partial charge in [0.05, 0.1) is 11.7 Å². The third-order valence-electron chi connectivity index (χ3n) is 4.19. The highest BCUT2D eigenvalue weighted by atomic mass is 16.5. The molecule has 2 heterocycles. The summed E-state index contributed by atoms with van der Waals surface area (Å²) in [4.78, 5) is 2.55. The number of hydrogen-bond acceptors (Lipinski definition) is 2. The molecule has 3 rings (SSSR count). The van der Waals surface area contributed by atoms with E-state index in [4.69, 9.17) is 4.74 Å². The fraction of sp³-hybridized carbons (Fsp3) is 0.700. The topological polar surface area (TPSA) is 12.5 Å². The number of benzene rings is 1. The second-order valence-electron chi connectivity index (χ2n) is 6.59. The summed E-state index contributed by atoms with van der Waals surface area (Å²) >= 11 is 0. The van der Waals surface area contributed by atoms with Crippen LogP contribution in [0, 0.1) is 0 Å². The van der Waals surface area contributed by atoms with E-state index in [1.807, 2.05) is 27.7 Å². The smallest absolute Gasteiger partial charge is 0.143 e. The molecule has 1 unspecified atom stereocenters. The summed E-state index contributed by atoms with van der Waals surface area (Å²) in [7, 11) is 0. The molecule has 0 aliphatic carbocycles. The van der Waals surface area contributed by atoms with Gasteiger partial charge in [-0.25, -0.2) is 0 Å². The standard InChI is InChI=1S/C16H23NO.2C2H6/c1-16(2,3)12-7-8-14-15(10-12)18-11-13-6-4-5-9-17(13)14;2*1-2/h7-8,10,13H,4-6,9,11H2,1-3H3;2*1-2H3. The Balaban J connectivity index is 0.000000561. The van der Waals surface area contributed by atoms with Crippen LogP contribution in [0.4, 0.5) is 5.69 Å². The Hall–Kier alpha value is -1.18. The molecule has 0 N–H and O–H groups in total. The first kappa shape index (κ1) is 18.9. The number of piperidine rings is 1. The first-order valence-corrected chi connectivity index (χ1v) is 9.10. The van der Waals surface area contributed by atoms with Crippen LogP contribution in [-0.2, 0) is 5.41 Å². The summed E-state index contributed by atoms with van der Waals surface area (Å²) in [5.74, 6) is 1.08. The van der Waals surface area contributed by atoms with Crippen LogP contribution < -0.4 is 9.64 Å². The molecule has 2 heteroatoms. The van der Waals surface area contributed by atoms with Gasteiger partial charge in [0.15, 0.2) is 0 Å². The maximum Gasteiger partial charge on any atom is 0.143 e. The molecule has 22 heavy (non-hydrogen) atoms. The minimum Gasteiger partial charge on any atom is -0.489 e. The van der Waals surface area contributed by atoms with Gasteiger partial charge in [0.2, 0.25) is 0 Å². The molecule has 0 bridgehead atoms. The van der Waals surface area contributed by atoms with Crippen molar-refractivity contribution in [2.75, 3.05) is 18.1 Å². The van der Waals surface area contributed by atoms with Crippen molar-refractivity contribution in [2.45, 2.75) is 79.2 Å². The molecule has 1 aromatic carbocycles. The number of hydrogen-bond donors (Lipinski definition) is 0. The van der Waals surface area contributed by atoms with Gasteiger partial charge in [0.25, 0.3) is 0 Å². The number of nitrogens with zero attached hydrogens (tertiary/aromatic N) is 1. The summed E-state index contributed by atoms with van der Waals surface area (Å²) in [5, 5.41) is 0. The molecule has 0 aromatic heterocycles. The Kier molecular flexibility index (Phi) is 7.25. The lowest BCUT2D eigenvalue weighted by Crippen LogP contribution is -2.46. The van der Waals surface area contributed by atoms with E-state index in [-0.39, 0.29) is 5.41 Å². The Morgan fingerprint density at radius 2 is 1.73 bits per heavy atom. The number of rotatable bonds is 0. The fourth-order valence-electron chi connectivity index (χ4n) is 3.01. The number of fused-ring (bicyclic) bond motifs is 3. The zero-order valence-electron chi connectivity index (χ0n) is 15.7. The van der Waals surface area contributed by atoms with E-state index in [0.717, 1.165) is 12.4 Å². The SMILES string of the molecule is CC.CC.CC(C)(C)c1ccc2c(c1)OCC1CCCCN21. The van der Waals surface area contributed by atoms with Gasteiger partial charge >= 0.3 is 0 Å². The van der Waals surface area contributed by atoms with Crippen LogP contribution in [-0.4, -0.2) is 19.2 Å². The van der Waals surface area contributed by atoms with E-state index in [1.54, 1.807) is 0 Å². The van der Waals surface area contributed by atoms with Crippen LogP contribution >= 0.6 is 0 Å². The average Bonchev–Trinajstić information content (AvgIpc) is 2.57. The minimum atomic E-state index is 0.192. The predicted octanol–water partition coefficient (Wildman–Crippen LogP) is 5.79. The molecule has 0 radical (unpaired) electrons. The largest absolute Gasteiger partial charge is 0.489 e. The molecule has 0 amide bonds. The molecule has 1 saturated heterocycles. The molecule has 1 atom stereocenters. The van der Waals surface area contributed by atoms with Crippen molar-refractivity contribution in [1.29, 1.82) is 0 Å².